The summed E-state index contributed by atoms with van der Waals surface area (Å²) in [6.07, 6.45) is -0.0961. The van der Waals surface area contributed by atoms with E-state index in [0.717, 1.165) is 40.8 Å². The fourth-order valence-corrected chi connectivity index (χ4v) is 6.07. The van der Waals surface area contributed by atoms with Crippen molar-refractivity contribution in [3.05, 3.63) is 130 Å². The van der Waals surface area contributed by atoms with Crippen molar-refractivity contribution in [1.29, 1.82) is 0 Å². The van der Waals surface area contributed by atoms with Gasteiger partial charge in [-0.1, -0.05) is 66.7 Å². The number of β-amino-alcohol motifs (C(OH)–C–C–N with tert-alkyl or cyclic N) is 1. The van der Waals surface area contributed by atoms with E-state index in [-0.39, 0.29) is 31.5 Å². The Morgan fingerprint density at radius 2 is 1.48 bits per heavy atom. The molecule has 4 aromatic rings. The van der Waals surface area contributed by atoms with Crippen LogP contribution in [0, 0.1) is 29.1 Å². The van der Waals surface area contributed by atoms with Gasteiger partial charge in [0.15, 0.2) is 29.6 Å². The maximum Gasteiger partial charge on any atom is 0.257 e. The topological polar surface area (TPSA) is 91.3 Å². The van der Waals surface area contributed by atoms with Crippen molar-refractivity contribution < 1.29 is 46.4 Å². The van der Waals surface area contributed by atoms with Gasteiger partial charge in [-0.15, -0.1) is 0 Å². The Bertz CT molecular complexity index is 1740. The van der Waals surface area contributed by atoms with Crippen molar-refractivity contribution in [3.8, 4) is 11.1 Å². The predicted molar refractivity (Wildman–Crippen MR) is 165 cm³/mol. The number of ether oxygens (including phenoxy) is 2. The fourth-order valence-electron chi connectivity index (χ4n) is 6.07. The van der Waals surface area contributed by atoms with Gasteiger partial charge in [0.25, 0.3) is 5.91 Å². The molecule has 48 heavy (non-hydrogen) atoms. The second-order valence-electron chi connectivity index (χ2n) is 12.0. The number of nitrogens with one attached hydrogen (secondary N) is 1. The van der Waals surface area contributed by atoms with Gasteiger partial charge in [0, 0.05) is 38.2 Å². The van der Waals surface area contributed by atoms with E-state index in [9.17, 15) is 37.0 Å². The number of nitrogens with zero attached hydrogens (tertiary/aromatic N) is 1. The number of likely N-dealkylation sites (tertiary alicyclic amines) is 1. The van der Waals surface area contributed by atoms with Crippen molar-refractivity contribution in [2.75, 3.05) is 19.6 Å². The summed E-state index contributed by atoms with van der Waals surface area (Å²) < 4.78 is 81.5. The van der Waals surface area contributed by atoms with Crippen molar-refractivity contribution in [2.45, 2.75) is 50.6 Å². The summed E-state index contributed by atoms with van der Waals surface area (Å²) in [4.78, 5) is 14.6. The van der Waals surface area contributed by atoms with Crippen molar-refractivity contribution >= 4 is 5.91 Å². The Hall–Kier alpha value is -4.20. The molecule has 0 saturated carbocycles. The van der Waals surface area contributed by atoms with Gasteiger partial charge >= 0.3 is 0 Å². The molecule has 2 fully saturated rings. The Morgan fingerprint density at radius 1 is 0.812 bits per heavy atom. The first kappa shape index (κ1) is 33.7. The molecule has 12 heteroatoms. The van der Waals surface area contributed by atoms with Crippen LogP contribution in [0.1, 0.15) is 57.8 Å². The van der Waals surface area contributed by atoms with Crippen LogP contribution in [0.5, 0.6) is 0 Å². The SMILES string of the molecule is O=C(NCc1cccc(-c2ccc(C3OC(CN4CCC(O)C4)CC(c4ccc(CO)cc4)O3)cc2)c1)c1c(F)c(F)c(F)c(F)c1F. The van der Waals surface area contributed by atoms with Crippen molar-refractivity contribution in [2.24, 2.45) is 0 Å². The van der Waals surface area contributed by atoms with Crippen LogP contribution >= 0.6 is 0 Å². The summed E-state index contributed by atoms with van der Waals surface area (Å²) in [6.45, 7) is 1.74. The molecule has 6 rings (SSSR count). The lowest BCUT2D eigenvalue weighted by Gasteiger charge is -2.37. The highest BCUT2D eigenvalue weighted by Crippen LogP contribution is 2.39. The van der Waals surface area contributed by atoms with E-state index in [2.05, 4.69) is 10.2 Å². The van der Waals surface area contributed by atoms with E-state index < -0.39 is 46.8 Å². The standard InChI is InChI=1S/C36H33F5N2O5/c37-30-29(31(38)33(40)34(41)32(30)39)35(46)42-16-21-2-1-3-25(14-21)22-8-10-24(11-9-22)36-47-27(18-43-13-12-26(45)17-43)15-28(48-36)23-6-4-20(19-44)5-7-23/h1-11,14,26-28,36,44-45H,12-13,15-19H2,(H,42,46). The average molecular weight is 669 g/mol. The molecule has 1 amide bonds. The zero-order chi connectivity index (χ0) is 33.9. The lowest BCUT2D eigenvalue weighted by Crippen LogP contribution is -2.38. The van der Waals surface area contributed by atoms with E-state index in [1.54, 1.807) is 18.2 Å². The zero-order valence-corrected chi connectivity index (χ0v) is 25.6. The van der Waals surface area contributed by atoms with Gasteiger partial charge in [-0.2, -0.15) is 0 Å². The monoisotopic (exact) mass is 668 g/mol. The highest BCUT2D eigenvalue weighted by molar-refractivity contribution is 5.94. The van der Waals surface area contributed by atoms with Gasteiger partial charge in [0.05, 0.1) is 24.9 Å². The Kier molecular flexibility index (Phi) is 10.2. The first-order chi connectivity index (χ1) is 23.1. The van der Waals surface area contributed by atoms with E-state index in [1.165, 1.54) is 0 Å². The van der Waals surface area contributed by atoms with E-state index >= 15 is 0 Å². The van der Waals surface area contributed by atoms with Gasteiger partial charge < -0.3 is 25.0 Å². The first-order valence-corrected chi connectivity index (χ1v) is 15.5. The van der Waals surface area contributed by atoms with E-state index in [4.69, 9.17) is 9.47 Å². The van der Waals surface area contributed by atoms with Crippen LogP contribution in [-0.4, -0.2) is 52.9 Å². The van der Waals surface area contributed by atoms with Gasteiger partial charge in [0.1, 0.15) is 5.56 Å². The zero-order valence-electron chi connectivity index (χ0n) is 25.6. The third-order valence-electron chi connectivity index (χ3n) is 8.66. The van der Waals surface area contributed by atoms with Crippen molar-refractivity contribution in [1.82, 2.24) is 10.2 Å². The minimum atomic E-state index is -2.34. The molecule has 2 saturated heterocycles. The normalized spacial score (nSPS) is 21.4. The lowest BCUT2D eigenvalue weighted by molar-refractivity contribution is -0.252. The molecule has 2 heterocycles. The Balaban J connectivity index is 1.16. The second kappa shape index (κ2) is 14.5. The summed E-state index contributed by atoms with van der Waals surface area (Å²) in [5, 5.41) is 21.7. The summed E-state index contributed by atoms with van der Waals surface area (Å²) in [5.74, 6) is -12.6. The van der Waals surface area contributed by atoms with Crippen LogP contribution in [0.15, 0.2) is 72.8 Å². The molecule has 4 unspecified atom stereocenters. The maximum absolute atomic E-state index is 14.1. The molecular weight excluding hydrogens is 635 g/mol. The van der Waals surface area contributed by atoms with Gasteiger partial charge in [-0.05, 0) is 40.3 Å². The molecule has 2 aliphatic rings. The molecular formula is C36H33F5N2O5. The smallest absolute Gasteiger partial charge is 0.257 e. The van der Waals surface area contributed by atoms with Crippen LogP contribution in [0.25, 0.3) is 11.1 Å². The molecule has 2 aliphatic heterocycles. The quantitative estimate of drug-likeness (QED) is 0.114. The molecule has 0 aliphatic carbocycles. The number of amides is 1. The third-order valence-corrected chi connectivity index (χ3v) is 8.66. The molecule has 4 atom stereocenters. The third kappa shape index (κ3) is 7.27. The molecule has 7 nitrogen and oxygen atoms in total. The number of aliphatic hydroxyl groups excluding tert-OH is 2. The highest BCUT2D eigenvalue weighted by Gasteiger charge is 2.34. The minimum absolute atomic E-state index is 0.0558. The Labute approximate surface area is 273 Å². The van der Waals surface area contributed by atoms with Crippen LogP contribution in [-0.2, 0) is 22.6 Å². The highest BCUT2D eigenvalue weighted by atomic mass is 19.2. The number of hydrogen-bond acceptors (Lipinski definition) is 6. The number of halogens is 5. The molecule has 0 bridgehead atoms. The van der Waals surface area contributed by atoms with Crippen molar-refractivity contribution in [3.63, 3.8) is 0 Å². The van der Waals surface area contributed by atoms with Crippen LogP contribution in [0.3, 0.4) is 0 Å². The number of aliphatic hydroxyl groups is 2. The number of carbonyl (C=O) groups excluding carboxylic acids is 1. The molecule has 0 spiro atoms. The van der Waals surface area contributed by atoms with Crippen LogP contribution in [0.4, 0.5) is 22.0 Å². The molecule has 0 radical (unpaired) electrons. The Morgan fingerprint density at radius 3 is 2.12 bits per heavy atom. The summed E-state index contributed by atoms with van der Waals surface area (Å²) >= 11 is 0. The van der Waals surface area contributed by atoms with Gasteiger partial charge in [0.2, 0.25) is 5.82 Å². The van der Waals surface area contributed by atoms with E-state index in [0.29, 0.717) is 25.1 Å². The first-order valence-electron chi connectivity index (χ1n) is 15.5. The molecule has 4 aromatic carbocycles. The maximum atomic E-state index is 14.1. The molecule has 252 valence electrons. The second-order valence-corrected chi connectivity index (χ2v) is 12.0. The van der Waals surface area contributed by atoms with E-state index in [1.807, 2.05) is 54.6 Å². The number of carbonyl (C=O) groups is 1. The molecule has 3 N–H and O–H groups in total. The minimum Gasteiger partial charge on any atom is -0.392 e. The fraction of sp³-hybridized carbons (Fsp3) is 0.306. The number of rotatable bonds is 9. The largest absolute Gasteiger partial charge is 0.392 e. The van der Waals surface area contributed by atoms with Gasteiger partial charge in [-0.25, -0.2) is 22.0 Å². The predicted octanol–water partition coefficient (Wildman–Crippen LogP) is 6.08. The van der Waals surface area contributed by atoms with Gasteiger partial charge in [-0.3, -0.25) is 9.69 Å². The summed E-state index contributed by atoms with van der Waals surface area (Å²) in [6, 6.07) is 22.0. The number of benzene rings is 4. The lowest BCUT2D eigenvalue weighted by atomic mass is 9.99. The number of hydrogen-bond donors (Lipinski definition) is 3. The summed E-state index contributed by atoms with van der Waals surface area (Å²) in [5.41, 5.74) is 3.09. The van der Waals surface area contributed by atoms with Crippen LogP contribution in [0.2, 0.25) is 0 Å². The van der Waals surface area contributed by atoms with Crippen LogP contribution < -0.4 is 5.32 Å². The average Bonchev–Trinajstić information content (AvgIpc) is 3.53. The molecule has 0 aromatic heterocycles. The summed E-state index contributed by atoms with van der Waals surface area (Å²) in [7, 11) is 0.